The van der Waals surface area contributed by atoms with Gasteiger partial charge in [0.1, 0.15) is 0 Å². The predicted molar refractivity (Wildman–Crippen MR) is 68.3 cm³/mol. The van der Waals surface area contributed by atoms with Gasteiger partial charge in [0.05, 0.1) is 12.2 Å². The van der Waals surface area contributed by atoms with Crippen LogP contribution >= 0.6 is 0 Å². The van der Waals surface area contributed by atoms with Crippen LogP contribution in [0.3, 0.4) is 0 Å². The summed E-state index contributed by atoms with van der Waals surface area (Å²) >= 11 is 0. The van der Waals surface area contributed by atoms with E-state index < -0.39 is 11.6 Å². The maximum atomic E-state index is 6.30. The predicted octanol–water partition coefficient (Wildman–Crippen LogP) is 2.85. The van der Waals surface area contributed by atoms with Gasteiger partial charge in [-0.05, 0) is 25.7 Å². The first-order chi connectivity index (χ1) is 8.67. The van der Waals surface area contributed by atoms with Crippen LogP contribution in [0.4, 0.5) is 0 Å². The van der Waals surface area contributed by atoms with Crippen LogP contribution in [0.25, 0.3) is 0 Å². The highest BCUT2D eigenvalue weighted by molar-refractivity contribution is 4.98. The van der Waals surface area contributed by atoms with Crippen LogP contribution in [-0.4, -0.2) is 38.0 Å². The van der Waals surface area contributed by atoms with Gasteiger partial charge in [-0.25, -0.2) is 0 Å². The molecule has 1 saturated carbocycles. The van der Waals surface area contributed by atoms with Gasteiger partial charge in [-0.3, -0.25) is 0 Å². The molecule has 1 aliphatic carbocycles. The summed E-state index contributed by atoms with van der Waals surface area (Å²) in [5.41, 5.74) is 0. The molecule has 1 heterocycles. The van der Waals surface area contributed by atoms with Crippen LogP contribution in [0.15, 0.2) is 0 Å². The summed E-state index contributed by atoms with van der Waals surface area (Å²) in [6.07, 6.45) is 5.92. The largest absolute Gasteiger partial charge is 0.349 e. The minimum atomic E-state index is -0.730. The van der Waals surface area contributed by atoms with Crippen molar-refractivity contribution in [3.63, 3.8) is 0 Å². The Balaban J connectivity index is 2.31. The highest BCUT2D eigenvalue weighted by Gasteiger charge is 2.62. The van der Waals surface area contributed by atoms with Gasteiger partial charge >= 0.3 is 0 Å². The summed E-state index contributed by atoms with van der Waals surface area (Å²) in [4.78, 5) is 0. The van der Waals surface area contributed by atoms with Crippen molar-refractivity contribution in [3.8, 4) is 0 Å². The number of methoxy groups -OCH3 is 2. The van der Waals surface area contributed by atoms with Gasteiger partial charge in [0.2, 0.25) is 11.6 Å². The van der Waals surface area contributed by atoms with E-state index in [2.05, 4.69) is 13.8 Å². The zero-order chi connectivity index (χ0) is 13.2. The molecule has 0 spiro atoms. The van der Waals surface area contributed by atoms with Crippen molar-refractivity contribution in [2.24, 2.45) is 0 Å². The minimum Gasteiger partial charge on any atom is -0.349 e. The average Bonchev–Trinajstić information content (AvgIpc) is 2.45. The number of rotatable bonds is 4. The molecule has 106 valence electrons. The molecular formula is C14H26O4. The molecular weight excluding hydrogens is 232 g/mol. The molecule has 1 saturated heterocycles. The summed E-state index contributed by atoms with van der Waals surface area (Å²) < 4.78 is 24.1. The first-order valence-corrected chi connectivity index (χ1v) is 7.13. The zero-order valence-corrected chi connectivity index (χ0v) is 12.0. The van der Waals surface area contributed by atoms with E-state index in [4.69, 9.17) is 18.9 Å². The second-order valence-corrected chi connectivity index (χ2v) is 5.25. The molecule has 0 radical (unpaired) electrons. The minimum absolute atomic E-state index is 0.0938. The van der Waals surface area contributed by atoms with Gasteiger partial charge in [0, 0.05) is 27.1 Å². The fourth-order valence-corrected chi connectivity index (χ4v) is 3.34. The zero-order valence-electron chi connectivity index (χ0n) is 12.0. The van der Waals surface area contributed by atoms with E-state index in [1.54, 1.807) is 14.2 Å². The third-order valence-corrected chi connectivity index (χ3v) is 4.40. The lowest BCUT2D eigenvalue weighted by atomic mass is 9.85. The highest BCUT2D eigenvalue weighted by Crippen LogP contribution is 2.49. The number of fused-ring (bicyclic) bond motifs is 1. The van der Waals surface area contributed by atoms with Crippen molar-refractivity contribution in [2.75, 3.05) is 14.2 Å². The molecule has 0 amide bonds. The molecule has 18 heavy (non-hydrogen) atoms. The third kappa shape index (κ3) is 1.99. The number of hydrogen-bond donors (Lipinski definition) is 0. The van der Waals surface area contributed by atoms with Crippen molar-refractivity contribution in [1.29, 1.82) is 0 Å². The lowest BCUT2D eigenvalue weighted by Gasteiger charge is -2.56. The standard InChI is InChI=1S/C14H26O4/c1-5-11-12(6-2)18-14(16-4)10-8-7-9-13(14,15-3)17-11/h11-12H,5-10H2,1-4H3/t11-,12-,13-,14+/m1/s1. The Morgan fingerprint density at radius 3 is 1.56 bits per heavy atom. The molecule has 0 N–H and O–H groups in total. The number of hydrogen-bond acceptors (Lipinski definition) is 4. The molecule has 0 aromatic heterocycles. The Morgan fingerprint density at radius 1 is 0.889 bits per heavy atom. The topological polar surface area (TPSA) is 36.9 Å². The Bertz CT molecular complexity index is 255. The second-order valence-electron chi connectivity index (χ2n) is 5.25. The fourth-order valence-electron chi connectivity index (χ4n) is 3.34. The van der Waals surface area contributed by atoms with Gasteiger partial charge in [0.15, 0.2) is 0 Å². The van der Waals surface area contributed by atoms with E-state index >= 15 is 0 Å². The summed E-state index contributed by atoms with van der Waals surface area (Å²) in [6.45, 7) is 4.26. The maximum absolute atomic E-state index is 6.30. The second kappa shape index (κ2) is 5.45. The summed E-state index contributed by atoms with van der Waals surface area (Å²) in [7, 11) is 3.39. The van der Waals surface area contributed by atoms with Crippen molar-refractivity contribution in [1.82, 2.24) is 0 Å². The highest BCUT2D eigenvalue weighted by atomic mass is 16.8. The van der Waals surface area contributed by atoms with Crippen LogP contribution in [0.1, 0.15) is 52.4 Å². The van der Waals surface area contributed by atoms with E-state index in [0.717, 1.165) is 38.5 Å². The fraction of sp³-hybridized carbons (Fsp3) is 1.00. The van der Waals surface area contributed by atoms with Crippen LogP contribution in [0.5, 0.6) is 0 Å². The molecule has 1 aliphatic heterocycles. The summed E-state index contributed by atoms with van der Waals surface area (Å²) in [5.74, 6) is -1.46. The normalized spacial score (nSPS) is 44.7. The van der Waals surface area contributed by atoms with Gasteiger partial charge < -0.3 is 18.9 Å². The molecule has 4 heteroatoms. The molecule has 0 aromatic rings. The van der Waals surface area contributed by atoms with Crippen molar-refractivity contribution >= 4 is 0 Å². The van der Waals surface area contributed by atoms with Crippen molar-refractivity contribution in [2.45, 2.75) is 76.2 Å². The van der Waals surface area contributed by atoms with E-state index in [0.29, 0.717) is 0 Å². The molecule has 2 fully saturated rings. The molecule has 0 aromatic carbocycles. The SMILES string of the molecule is CC[C@H]1O[C@@]2(OC)CCCC[C@@]2(OC)O[C@@H]1CC. The van der Waals surface area contributed by atoms with E-state index in [9.17, 15) is 0 Å². The van der Waals surface area contributed by atoms with E-state index in [1.807, 2.05) is 0 Å². The lowest BCUT2D eigenvalue weighted by molar-refractivity contribution is -0.469. The third-order valence-electron chi connectivity index (χ3n) is 4.40. The van der Waals surface area contributed by atoms with Crippen LogP contribution in [0.2, 0.25) is 0 Å². The summed E-state index contributed by atoms with van der Waals surface area (Å²) in [5, 5.41) is 0. The Labute approximate surface area is 110 Å². The van der Waals surface area contributed by atoms with Crippen molar-refractivity contribution in [3.05, 3.63) is 0 Å². The van der Waals surface area contributed by atoms with Crippen LogP contribution in [-0.2, 0) is 18.9 Å². The average molecular weight is 258 g/mol. The molecule has 4 atom stereocenters. The Kier molecular flexibility index (Phi) is 4.32. The van der Waals surface area contributed by atoms with Gasteiger partial charge in [-0.2, -0.15) is 0 Å². The van der Waals surface area contributed by atoms with Crippen LogP contribution < -0.4 is 0 Å². The molecule has 4 nitrogen and oxygen atoms in total. The van der Waals surface area contributed by atoms with E-state index in [-0.39, 0.29) is 12.2 Å². The first kappa shape index (κ1) is 14.3. The quantitative estimate of drug-likeness (QED) is 0.777. The summed E-state index contributed by atoms with van der Waals surface area (Å²) in [6, 6.07) is 0. The van der Waals surface area contributed by atoms with Gasteiger partial charge in [0.25, 0.3) is 0 Å². The smallest absolute Gasteiger partial charge is 0.223 e. The van der Waals surface area contributed by atoms with Gasteiger partial charge in [-0.15, -0.1) is 0 Å². The van der Waals surface area contributed by atoms with Gasteiger partial charge in [-0.1, -0.05) is 13.8 Å². The number of ether oxygens (including phenoxy) is 4. The molecule has 2 aliphatic rings. The lowest BCUT2D eigenvalue weighted by Crippen LogP contribution is -2.68. The molecule has 0 bridgehead atoms. The first-order valence-electron chi connectivity index (χ1n) is 7.13. The molecule has 0 unspecified atom stereocenters. The monoisotopic (exact) mass is 258 g/mol. The molecule has 2 rings (SSSR count). The van der Waals surface area contributed by atoms with Crippen molar-refractivity contribution < 1.29 is 18.9 Å². The maximum Gasteiger partial charge on any atom is 0.223 e. The van der Waals surface area contributed by atoms with Crippen LogP contribution in [0, 0.1) is 0 Å². The van der Waals surface area contributed by atoms with E-state index in [1.165, 1.54) is 0 Å². The Hall–Kier alpha value is -0.160. The Morgan fingerprint density at radius 2 is 1.28 bits per heavy atom.